The van der Waals surface area contributed by atoms with Crippen LogP contribution in [-0.2, 0) is 98.4 Å². The third-order valence-corrected chi connectivity index (χ3v) is 39.7. The smallest absolute Gasteiger partial charge is 0.250 e. The fourth-order valence-electron chi connectivity index (χ4n) is 11.4. The molecule has 8 atom stereocenters. The number of sulfonamides is 4. The van der Waals surface area contributed by atoms with Crippen molar-refractivity contribution in [3.63, 3.8) is 0 Å². The first-order chi connectivity index (χ1) is 43.5. The number of sulfone groups is 4. The normalized spacial score (nSPS) is 24.3. The summed E-state index contributed by atoms with van der Waals surface area (Å²) < 4.78 is 251. The Morgan fingerprint density at radius 3 is 0.753 bits per heavy atom. The summed E-state index contributed by atoms with van der Waals surface area (Å²) in [5.41, 5.74) is -0.0445. The van der Waals surface area contributed by atoms with Crippen LogP contribution in [0.15, 0.2) is 57.9 Å². The highest BCUT2D eigenvalue weighted by Crippen LogP contribution is 2.47. The third-order valence-electron chi connectivity index (χ3n) is 16.4. The minimum atomic E-state index is -4.32. The van der Waals surface area contributed by atoms with Gasteiger partial charge in [-0.3, -0.25) is 0 Å². The van der Waals surface area contributed by atoms with E-state index in [0.717, 1.165) is 0 Å². The number of nitrogens with one attached hydrogen (secondary N) is 8. The van der Waals surface area contributed by atoms with Gasteiger partial charge in [-0.05, 0) is 104 Å². The summed E-state index contributed by atoms with van der Waals surface area (Å²) in [6, 6.07) is 3.76. The highest BCUT2D eigenvalue weighted by molar-refractivity contribution is 7.97. The van der Waals surface area contributed by atoms with Crippen LogP contribution in [-0.4, -0.2) is 194 Å². The maximum absolute atomic E-state index is 13.8. The first kappa shape index (κ1) is 76.7. The standard InChI is InChI=1S/C53H84N8O20S12/c1-9-54-41-21-33(5)86(62,63)49-37(41)25-45(82-49)90(70,71)58-13-17-78-29-53(30-79-18-14-59-91(72,73)46-26-38-42(55-10-2)22-34(6)87(64,65)50(38)83-46,31-80-19-15-60-92(74,75)47-27-39-43(56-11-3)23-35(7)88(66,67)51(39)84-47)32-81-20-16-61-93(76,77)48-28-40-44(57-12-4)24-36(8)89(68,69)52(40)85-48/h25-28,33-36,41-44,54-61H,9-24,29-32H2,1-8H3/t33-,34-,35-,36-,41-,42-,43-,44-/m0/s1. The van der Waals surface area contributed by atoms with Crippen molar-refractivity contribution in [1.29, 1.82) is 0 Å². The van der Waals surface area contributed by atoms with Gasteiger partial charge >= 0.3 is 0 Å². The average Bonchev–Trinajstić information content (AvgIpc) is 1.66. The first-order valence-electron chi connectivity index (χ1n) is 30.3. The lowest BCUT2D eigenvalue weighted by Gasteiger charge is -2.33. The Morgan fingerprint density at radius 2 is 0.570 bits per heavy atom. The number of thiophene rings is 4. The monoisotopic (exact) mass is 1540 g/mol. The molecule has 0 bridgehead atoms. The Hall–Kier alpha value is -2.08. The lowest BCUT2D eigenvalue weighted by molar-refractivity contribution is -0.104. The fourth-order valence-corrected chi connectivity index (χ4v) is 31.6. The average molecular weight is 1540 g/mol. The van der Waals surface area contributed by atoms with Crippen molar-refractivity contribution >= 4 is 125 Å². The molecule has 0 radical (unpaired) electrons. The van der Waals surface area contributed by atoms with Gasteiger partial charge in [0, 0.05) is 72.6 Å². The molecule has 0 spiro atoms. The topological polar surface area (TPSA) is 406 Å². The van der Waals surface area contributed by atoms with Crippen LogP contribution in [0.3, 0.4) is 0 Å². The molecule has 0 amide bonds. The van der Waals surface area contributed by atoms with Gasteiger partial charge < -0.3 is 40.2 Å². The summed E-state index contributed by atoms with van der Waals surface area (Å²) in [4.78, 5) is 0. The van der Waals surface area contributed by atoms with Crippen LogP contribution in [0.1, 0.15) is 127 Å². The molecule has 8 N–H and O–H groups in total. The second kappa shape index (κ2) is 30.8. The summed E-state index contributed by atoms with van der Waals surface area (Å²) in [7, 11) is -32.6. The van der Waals surface area contributed by atoms with Crippen molar-refractivity contribution in [3.8, 4) is 0 Å². The Balaban J connectivity index is 1.01. The van der Waals surface area contributed by atoms with Gasteiger partial charge in [0.05, 0.1) is 79.3 Å². The third kappa shape index (κ3) is 17.0. The van der Waals surface area contributed by atoms with Crippen molar-refractivity contribution in [3.05, 3.63) is 46.5 Å². The molecule has 4 aromatic heterocycles. The van der Waals surface area contributed by atoms with E-state index in [2.05, 4.69) is 40.2 Å². The molecular weight excluding hydrogens is 1450 g/mol. The van der Waals surface area contributed by atoms with Gasteiger partial charge in [-0.15, -0.1) is 45.3 Å². The molecule has 40 heteroatoms. The summed E-state index contributed by atoms with van der Waals surface area (Å²) in [5, 5.41) is 9.86. The number of ether oxygens (including phenoxy) is 4. The van der Waals surface area contributed by atoms with Crippen LogP contribution in [0.25, 0.3) is 0 Å². The van der Waals surface area contributed by atoms with Crippen molar-refractivity contribution in [2.24, 2.45) is 5.41 Å². The van der Waals surface area contributed by atoms with Crippen LogP contribution in [0.5, 0.6) is 0 Å². The second-order valence-electron chi connectivity index (χ2n) is 23.3. The predicted molar refractivity (Wildman–Crippen MR) is 354 cm³/mol. The lowest BCUT2D eigenvalue weighted by atomic mass is 9.92. The molecule has 0 saturated heterocycles. The van der Waals surface area contributed by atoms with Gasteiger partial charge in [-0.2, -0.15) is 0 Å². The van der Waals surface area contributed by atoms with Crippen molar-refractivity contribution in [2.45, 2.75) is 160 Å². The SMILES string of the molecule is CCN[C@H]1C[C@H](C)S(=O)(=O)c2sc(S(=O)(=O)NCCOCC(COCCNS(=O)(=O)c3cc4c(s3)S(=O)(=O)[C@@H](C)C[C@@H]4NCC)(COCCNS(=O)(=O)c3cc4c(s3)S(=O)(=O)[C@@H](C)C[C@@H]4NCC)COCCNS(=O)(=O)c3cc4c(s3)S(=O)(=O)[C@@H](C)C[C@@H]4NCC)cc21. The van der Waals surface area contributed by atoms with Gasteiger partial charge in [0.2, 0.25) is 40.1 Å². The van der Waals surface area contributed by atoms with Crippen molar-refractivity contribution in [1.82, 2.24) is 40.2 Å². The van der Waals surface area contributed by atoms with E-state index < -0.39 is 130 Å². The molecule has 0 unspecified atom stereocenters. The van der Waals surface area contributed by atoms with E-state index >= 15 is 0 Å². The van der Waals surface area contributed by atoms with Crippen LogP contribution < -0.4 is 40.2 Å². The molecule has 28 nitrogen and oxygen atoms in total. The molecular formula is C53H84N8O20S12. The van der Waals surface area contributed by atoms with Crippen LogP contribution in [0, 0.1) is 5.41 Å². The zero-order valence-corrected chi connectivity index (χ0v) is 62.4. The molecule has 0 saturated carbocycles. The number of hydrogen-bond donors (Lipinski definition) is 8. The molecule has 93 heavy (non-hydrogen) atoms. The van der Waals surface area contributed by atoms with Crippen molar-refractivity contribution in [2.75, 3.05) is 105 Å². The van der Waals surface area contributed by atoms with E-state index in [9.17, 15) is 67.3 Å². The van der Waals surface area contributed by atoms with E-state index in [1.165, 1.54) is 24.3 Å². The molecule has 4 aliphatic rings. The quantitative estimate of drug-likeness (QED) is 0.0303. The van der Waals surface area contributed by atoms with Crippen LogP contribution >= 0.6 is 45.3 Å². The van der Waals surface area contributed by atoms with Gasteiger partial charge in [-0.25, -0.2) is 86.2 Å². The Kier molecular flexibility index (Phi) is 25.4. The number of fused-ring (bicyclic) bond motifs is 4. The van der Waals surface area contributed by atoms with Crippen LogP contribution in [0.4, 0.5) is 0 Å². The molecule has 8 heterocycles. The van der Waals surface area contributed by atoms with E-state index in [4.69, 9.17) is 18.9 Å². The highest BCUT2D eigenvalue weighted by Gasteiger charge is 2.44. The Labute approximate surface area is 563 Å². The second-order valence-corrected chi connectivity index (χ2v) is 45.8. The van der Waals surface area contributed by atoms with E-state index in [0.29, 0.717) is 93.8 Å². The molecule has 4 aliphatic heterocycles. The maximum atomic E-state index is 13.8. The number of hydrogen-bond acceptors (Lipinski definition) is 28. The number of rotatable bonds is 36. The summed E-state index contributed by atoms with van der Waals surface area (Å²) in [5.74, 6) is 0. The zero-order valence-electron chi connectivity index (χ0n) is 52.6. The first-order valence-corrected chi connectivity index (χ1v) is 45.7. The Bertz CT molecular complexity index is 3710. The highest BCUT2D eigenvalue weighted by atomic mass is 32.3. The van der Waals surface area contributed by atoms with Gasteiger partial charge in [-0.1, -0.05) is 27.7 Å². The maximum Gasteiger partial charge on any atom is 0.250 e. The van der Waals surface area contributed by atoms with Gasteiger partial charge in [0.1, 0.15) is 33.7 Å². The van der Waals surface area contributed by atoms with E-state index in [1.54, 1.807) is 27.7 Å². The van der Waals surface area contributed by atoms with Gasteiger partial charge in [0.15, 0.2) is 39.3 Å². The minimum Gasteiger partial charge on any atom is -0.379 e. The predicted octanol–water partition coefficient (Wildman–Crippen LogP) is 3.07. The van der Waals surface area contributed by atoms with Crippen LogP contribution in [0.2, 0.25) is 0 Å². The Morgan fingerprint density at radius 1 is 0.376 bits per heavy atom. The van der Waals surface area contributed by atoms with Gasteiger partial charge in [0.25, 0.3) is 0 Å². The molecule has 528 valence electrons. The minimum absolute atomic E-state index is 0.0441. The summed E-state index contributed by atoms with van der Waals surface area (Å²) >= 11 is 2.55. The van der Waals surface area contributed by atoms with E-state index in [1.807, 2.05) is 27.7 Å². The molecule has 4 aromatic rings. The van der Waals surface area contributed by atoms with E-state index in [-0.39, 0.29) is 138 Å². The molecule has 0 aliphatic carbocycles. The fraction of sp³-hybridized carbons (Fsp3) is 0.698. The zero-order chi connectivity index (χ0) is 68.3. The lowest BCUT2D eigenvalue weighted by Crippen LogP contribution is -2.44. The summed E-state index contributed by atoms with van der Waals surface area (Å²) in [6.45, 7) is 11.5. The van der Waals surface area contributed by atoms with Crippen molar-refractivity contribution < 1.29 is 86.3 Å². The molecule has 8 rings (SSSR count). The molecule has 0 aromatic carbocycles. The summed E-state index contributed by atoms with van der Waals surface area (Å²) in [6.07, 6.45) is 0.970. The largest absolute Gasteiger partial charge is 0.379 e. The molecule has 0 fully saturated rings.